The Morgan fingerprint density at radius 3 is 2.08 bits per heavy atom. The minimum Gasteiger partial charge on any atom is -0.426 e. The van der Waals surface area contributed by atoms with Crippen molar-refractivity contribution in [3.8, 4) is 22.8 Å². The first-order valence-corrected chi connectivity index (χ1v) is 7.17. The molecule has 1 heterocycles. The normalized spacial score (nSPS) is 12.2. The molecule has 0 atom stereocenters. The molecule has 3 rings (SSSR count). The topological polar surface area (TPSA) is 66.0 Å². The van der Waals surface area contributed by atoms with Crippen molar-refractivity contribution in [3.05, 3.63) is 54.9 Å². The predicted molar refractivity (Wildman–Crippen MR) is 82.8 cm³/mol. The number of hydrogen-bond donors (Lipinski definition) is 1. The summed E-state index contributed by atoms with van der Waals surface area (Å²) < 4.78 is 67.3. The van der Waals surface area contributed by atoms with Crippen LogP contribution in [0.25, 0.3) is 17.1 Å². The predicted octanol–water partition coefficient (Wildman–Crippen LogP) is 4.05. The molecule has 0 radical (unpaired) electrons. The highest BCUT2D eigenvalue weighted by Gasteiger charge is 2.61. The highest BCUT2D eigenvalue weighted by atomic mass is 19.4. The van der Waals surface area contributed by atoms with Crippen molar-refractivity contribution in [2.45, 2.75) is 12.3 Å². The van der Waals surface area contributed by atoms with Gasteiger partial charge < -0.3 is 10.5 Å². The number of anilines is 1. The van der Waals surface area contributed by atoms with Gasteiger partial charge in [0.15, 0.2) is 5.82 Å². The molecule has 2 aromatic carbocycles. The Labute approximate surface area is 143 Å². The highest BCUT2D eigenvalue weighted by molar-refractivity contribution is 5.58. The highest BCUT2D eigenvalue weighted by Crippen LogP contribution is 2.37. The smallest absolute Gasteiger partial charge is 0.426 e. The number of aromatic nitrogens is 3. The van der Waals surface area contributed by atoms with Gasteiger partial charge in [0, 0.05) is 11.3 Å². The Morgan fingerprint density at radius 2 is 1.50 bits per heavy atom. The van der Waals surface area contributed by atoms with E-state index in [0.29, 0.717) is 22.8 Å². The lowest BCUT2D eigenvalue weighted by atomic mass is 10.2. The fourth-order valence-electron chi connectivity index (χ4n) is 2.02. The third kappa shape index (κ3) is 3.58. The second-order valence-corrected chi connectivity index (χ2v) is 5.25. The van der Waals surface area contributed by atoms with E-state index in [1.165, 1.54) is 23.1 Å². The molecule has 136 valence electrons. The van der Waals surface area contributed by atoms with E-state index in [9.17, 15) is 22.0 Å². The van der Waals surface area contributed by atoms with Gasteiger partial charge in [-0.15, -0.1) is 5.10 Å². The van der Waals surface area contributed by atoms with E-state index < -0.39 is 18.0 Å². The molecule has 0 bridgehead atoms. The van der Waals surface area contributed by atoms with Crippen LogP contribution < -0.4 is 10.5 Å². The van der Waals surface area contributed by atoms with E-state index in [0.717, 1.165) is 12.1 Å². The first-order chi connectivity index (χ1) is 12.2. The molecule has 26 heavy (non-hydrogen) atoms. The first kappa shape index (κ1) is 17.6. The SMILES string of the molecule is Nc1ccc(-c2ncn(-c3ccc(OC(F)(F)C(F)(F)F)cc3)n2)cc1. The second kappa shape index (κ2) is 6.28. The van der Waals surface area contributed by atoms with Crippen molar-refractivity contribution in [3.63, 3.8) is 0 Å². The number of nitrogens with two attached hydrogens (primary N) is 1. The van der Waals surface area contributed by atoms with Crippen molar-refractivity contribution >= 4 is 5.69 Å². The van der Waals surface area contributed by atoms with E-state index in [1.54, 1.807) is 24.3 Å². The molecule has 0 amide bonds. The van der Waals surface area contributed by atoms with E-state index in [1.807, 2.05) is 0 Å². The van der Waals surface area contributed by atoms with E-state index >= 15 is 0 Å². The van der Waals surface area contributed by atoms with E-state index in [4.69, 9.17) is 5.73 Å². The first-order valence-electron chi connectivity index (χ1n) is 7.17. The summed E-state index contributed by atoms with van der Waals surface area (Å²) in [5.41, 5.74) is 7.30. The van der Waals surface area contributed by atoms with Gasteiger partial charge in [-0.2, -0.15) is 22.0 Å². The molecule has 0 fully saturated rings. The van der Waals surface area contributed by atoms with Gasteiger partial charge in [0.05, 0.1) is 5.69 Å². The number of ether oxygens (including phenoxy) is 1. The summed E-state index contributed by atoms with van der Waals surface area (Å²) in [4.78, 5) is 4.12. The third-order valence-electron chi connectivity index (χ3n) is 3.34. The number of nitrogen functional groups attached to an aromatic ring is 1. The minimum absolute atomic E-state index is 0.397. The van der Waals surface area contributed by atoms with Gasteiger partial charge in [0.2, 0.25) is 0 Å². The molecule has 0 aliphatic rings. The molecule has 0 unspecified atom stereocenters. The van der Waals surface area contributed by atoms with Crippen LogP contribution in [-0.2, 0) is 0 Å². The molecule has 10 heteroatoms. The minimum atomic E-state index is -5.80. The summed E-state index contributed by atoms with van der Waals surface area (Å²) in [6.45, 7) is 0. The van der Waals surface area contributed by atoms with E-state index in [2.05, 4.69) is 14.8 Å². The Balaban J connectivity index is 1.78. The summed E-state index contributed by atoms with van der Waals surface area (Å²) in [5.74, 6) is -0.233. The maximum absolute atomic E-state index is 12.9. The lowest BCUT2D eigenvalue weighted by Gasteiger charge is -2.20. The average molecular weight is 370 g/mol. The zero-order valence-corrected chi connectivity index (χ0v) is 12.9. The average Bonchev–Trinajstić information content (AvgIpc) is 3.05. The quantitative estimate of drug-likeness (QED) is 0.556. The van der Waals surface area contributed by atoms with Crippen LogP contribution in [0.4, 0.5) is 27.6 Å². The monoisotopic (exact) mass is 370 g/mol. The fraction of sp³-hybridized carbons (Fsp3) is 0.125. The lowest BCUT2D eigenvalue weighted by Crippen LogP contribution is -2.41. The lowest BCUT2D eigenvalue weighted by molar-refractivity contribution is -0.360. The summed E-state index contributed by atoms with van der Waals surface area (Å²) in [7, 11) is 0. The number of hydrogen-bond acceptors (Lipinski definition) is 4. The second-order valence-electron chi connectivity index (χ2n) is 5.25. The number of nitrogens with zero attached hydrogens (tertiary/aromatic N) is 3. The van der Waals surface area contributed by atoms with Gasteiger partial charge in [0.1, 0.15) is 12.1 Å². The fourth-order valence-corrected chi connectivity index (χ4v) is 2.02. The van der Waals surface area contributed by atoms with Crippen molar-refractivity contribution in [1.82, 2.24) is 14.8 Å². The van der Waals surface area contributed by atoms with Crippen molar-refractivity contribution in [1.29, 1.82) is 0 Å². The van der Waals surface area contributed by atoms with Crippen molar-refractivity contribution < 1.29 is 26.7 Å². The van der Waals surface area contributed by atoms with Crippen LogP contribution >= 0.6 is 0 Å². The van der Waals surface area contributed by atoms with Gasteiger partial charge >= 0.3 is 12.3 Å². The molecule has 0 saturated carbocycles. The van der Waals surface area contributed by atoms with Crippen LogP contribution in [0, 0.1) is 0 Å². The molecule has 0 aliphatic carbocycles. The zero-order valence-electron chi connectivity index (χ0n) is 12.9. The standard InChI is InChI=1S/C16H11F5N4O/c17-15(18,19)16(20,21)26-13-7-5-12(6-8-13)25-9-23-14(24-25)10-1-3-11(22)4-2-10/h1-9H,22H2. The number of benzene rings is 2. The molecule has 0 aliphatic heterocycles. The number of alkyl halides is 5. The number of halogens is 5. The molecule has 1 aromatic heterocycles. The zero-order chi connectivity index (χ0) is 18.9. The van der Waals surface area contributed by atoms with Gasteiger partial charge in [-0.25, -0.2) is 9.67 Å². The van der Waals surface area contributed by atoms with Gasteiger partial charge in [-0.1, -0.05) is 0 Å². The molecular weight excluding hydrogens is 359 g/mol. The van der Waals surface area contributed by atoms with Gasteiger partial charge in [0.25, 0.3) is 0 Å². The molecule has 5 nitrogen and oxygen atoms in total. The Kier molecular flexibility index (Phi) is 4.26. The molecule has 0 saturated heterocycles. The maximum Gasteiger partial charge on any atom is 0.499 e. The maximum atomic E-state index is 12.9. The summed E-state index contributed by atoms with van der Waals surface area (Å²) in [6, 6.07) is 11.4. The number of rotatable bonds is 4. The van der Waals surface area contributed by atoms with Crippen molar-refractivity contribution in [2.75, 3.05) is 5.73 Å². The molecule has 2 N–H and O–H groups in total. The largest absolute Gasteiger partial charge is 0.499 e. The molecule has 3 aromatic rings. The third-order valence-corrected chi connectivity index (χ3v) is 3.34. The summed E-state index contributed by atoms with van der Waals surface area (Å²) >= 11 is 0. The molecule has 0 spiro atoms. The van der Waals surface area contributed by atoms with Crippen LogP contribution in [0.1, 0.15) is 0 Å². The van der Waals surface area contributed by atoms with Crippen LogP contribution in [0.3, 0.4) is 0 Å². The Morgan fingerprint density at radius 1 is 0.885 bits per heavy atom. The van der Waals surface area contributed by atoms with Gasteiger partial charge in [-0.3, -0.25) is 0 Å². The van der Waals surface area contributed by atoms with E-state index in [-0.39, 0.29) is 0 Å². The molecular formula is C16H11F5N4O. The summed E-state index contributed by atoms with van der Waals surface area (Å²) in [5, 5.41) is 4.22. The van der Waals surface area contributed by atoms with Crippen LogP contribution in [0.15, 0.2) is 54.9 Å². The Hall–Kier alpha value is -3.17. The van der Waals surface area contributed by atoms with Crippen LogP contribution in [0.5, 0.6) is 5.75 Å². The Bertz CT molecular complexity index is 888. The van der Waals surface area contributed by atoms with Crippen LogP contribution in [0.2, 0.25) is 0 Å². The van der Waals surface area contributed by atoms with Crippen molar-refractivity contribution in [2.24, 2.45) is 0 Å². The van der Waals surface area contributed by atoms with Crippen LogP contribution in [-0.4, -0.2) is 27.0 Å². The summed E-state index contributed by atoms with van der Waals surface area (Å²) in [6.07, 6.45) is -9.69. The van der Waals surface area contributed by atoms with Gasteiger partial charge in [-0.05, 0) is 48.5 Å².